The highest BCUT2D eigenvalue weighted by atomic mass is 16.2. The van der Waals surface area contributed by atoms with E-state index in [-0.39, 0.29) is 18.0 Å². The van der Waals surface area contributed by atoms with Crippen molar-refractivity contribution in [3.63, 3.8) is 0 Å². The Labute approximate surface area is 76.3 Å². The molecule has 3 amide bonds. The van der Waals surface area contributed by atoms with Crippen LogP contribution in [0.25, 0.3) is 0 Å². The summed E-state index contributed by atoms with van der Waals surface area (Å²) in [6.45, 7) is 0. The summed E-state index contributed by atoms with van der Waals surface area (Å²) in [6, 6.07) is 0.0553. The maximum Gasteiger partial charge on any atom is 0.325 e. The second-order valence-electron chi connectivity index (χ2n) is 4.27. The summed E-state index contributed by atoms with van der Waals surface area (Å²) in [7, 11) is 0. The van der Waals surface area contributed by atoms with Crippen LogP contribution in [0.2, 0.25) is 0 Å². The molecule has 70 valence electrons. The third kappa shape index (κ3) is 0.806. The molecule has 0 aromatic rings. The van der Waals surface area contributed by atoms with E-state index in [1.54, 1.807) is 0 Å². The van der Waals surface area contributed by atoms with Crippen LogP contribution in [-0.2, 0) is 4.79 Å². The molecule has 1 saturated heterocycles. The van der Waals surface area contributed by atoms with Gasteiger partial charge in [0.1, 0.15) is 5.54 Å². The Morgan fingerprint density at radius 3 is 2.38 bits per heavy atom. The van der Waals surface area contributed by atoms with E-state index in [0.717, 1.165) is 32.1 Å². The largest absolute Gasteiger partial charge is 0.325 e. The molecule has 3 aliphatic rings. The fraction of sp³-hybridized carbons (Fsp3) is 0.778. The minimum Gasteiger partial charge on any atom is -0.323 e. The summed E-state index contributed by atoms with van der Waals surface area (Å²) in [5.74, 6) is 0.0336. The number of hydrogen-bond acceptors (Lipinski definition) is 2. The maximum atomic E-state index is 11.8. The van der Waals surface area contributed by atoms with Crippen molar-refractivity contribution in [1.29, 1.82) is 0 Å². The lowest BCUT2D eigenvalue weighted by molar-refractivity contribution is -0.134. The van der Waals surface area contributed by atoms with E-state index in [9.17, 15) is 9.59 Å². The topological polar surface area (TPSA) is 49.4 Å². The zero-order valence-electron chi connectivity index (χ0n) is 7.38. The summed E-state index contributed by atoms with van der Waals surface area (Å²) in [4.78, 5) is 24.8. The zero-order valence-corrected chi connectivity index (χ0v) is 7.38. The smallest absolute Gasteiger partial charge is 0.323 e. The van der Waals surface area contributed by atoms with Crippen LogP contribution in [-0.4, -0.2) is 28.4 Å². The average molecular weight is 180 g/mol. The molecule has 3 fully saturated rings. The quantitative estimate of drug-likeness (QED) is 0.601. The van der Waals surface area contributed by atoms with E-state index >= 15 is 0 Å². The summed E-state index contributed by atoms with van der Waals surface area (Å²) in [5.41, 5.74) is -0.473. The Morgan fingerprint density at radius 2 is 2.00 bits per heavy atom. The van der Waals surface area contributed by atoms with Gasteiger partial charge in [0, 0.05) is 6.04 Å². The van der Waals surface area contributed by atoms with Crippen LogP contribution >= 0.6 is 0 Å². The van der Waals surface area contributed by atoms with Gasteiger partial charge in [-0.2, -0.15) is 0 Å². The first-order valence-corrected chi connectivity index (χ1v) is 4.89. The van der Waals surface area contributed by atoms with Gasteiger partial charge in [-0.1, -0.05) is 0 Å². The Kier molecular flexibility index (Phi) is 1.16. The molecule has 4 nitrogen and oxygen atoms in total. The molecule has 1 spiro atoms. The summed E-state index contributed by atoms with van der Waals surface area (Å²) in [6.07, 6.45) is 4.72. The fourth-order valence-corrected chi connectivity index (χ4v) is 2.17. The van der Waals surface area contributed by atoms with Crippen molar-refractivity contribution in [3.8, 4) is 0 Å². The van der Waals surface area contributed by atoms with Crippen LogP contribution in [0.3, 0.4) is 0 Å². The van der Waals surface area contributed by atoms with Crippen molar-refractivity contribution in [2.45, 2.75) is 43.7 Å². The van der Waals surface area contributed by atoms with Gasteiger partial charge in [0.25, 0.3) is 5.91 Å². The zero-order chi connectivity index (χ0) is 9.05. The Hall–Kier alpha value is -1.06. The number of nitrogens with zero attached hydrogens (tertiary/aromatic N) is 1. The van der Waals surface area contributed by atoms with Crippen LogP contribution in [0.15, 0.2) is 0 Å². The molecule has 0 aromatic heterocycles. The molecule has 4 heteroatoms. The minimum absolute atomic E-state index is 0.0336. The van der Waals surface area contributed by atoms with Crippen LogP contribution in [0.1, 0.15) is 32.1 Å². The van der Waals surface area contributed by atoms with Crippen LogP contribution in [0, 0.1) is 0 Å². The number of nitrogens with one attached hydrogen (secondary N) is 1. The lowest BCUT2D eigenvalue weighted by Crippen LogP contribution is -2.52. The van der Waals surface area contributed by atoms with Crippen molar-refractivity contribution in [2.75, 3.05) is 0 Å². The number of carbonyl (C=O) groups is 2. The SMILES string of the molecule is O=C1NC2(CCC2)C(=O)N1C1CC1. The van der Waals surface area contributed by atoms with Crippen molar-refractivity contribution < 1.29 is 9.59 Å². The predicted octanol–water partition coefficient (Wildman–Crippen LogP) is 0.623. The van der Waals surface area contributed by atoms with Crippen molar-refractivity contribution in [3.05, 3.63) is 0 Å². The van der Waals surface area contributed by atoms with Gasteiger partial charge in [0.15, 0.2) is 0 Å². The molecule has 3 rings (SSSR count). The first-order chi connectivity index (χ1) is 6.23. The van der Waals surface area contributed by atoms with Crippen molar-refractivity contribution in [1.82, 2.24) is 10.2 Å². The number of carbonyl (C=O) groups excluding carboxylic acids is 2. The average Bonchev–Trinajstić information content (AvgIpc) is 2.77. The van der Waals surface area contributed by atoms with Gasteiger partial charge < -0.3 is 5.32 Å². The van der Waals surface area contributed by atoms with Crippen molar-refractivity contribution in [2.24, 2.45) is 0 Å². The normalized spacial score (nSPS) is 30.6. The molecule has 1 N–H and O–H groups in total. The number of rotatable bonds is 1. The molecule has 0 aromatic carbocycles. The summed E-state index contributed by atoms with van der Waals surface area (Å²) in [5, 5.41) is 2.83. The van der Waals surface area contributed by atoms with Gasteiger partial charge in [0.2, 0.25) is 0 Å². The van der Waals surface area contributed by atoms with Gasteiger partial charge in [-0.15, -0.1) is 0 Å². The summed E-state index contributed by atoms with van der Waals surface area (Å²) >= 11 is 0. The van der Waals surface area contributed by atoms with Crippen LogP contribution in [0.5, 0.6) is 0 Å². The van der Waals surface area contributed by atoms with E-state index < -0.39 is 5.54 Å². The number of urea groups is 1. The molecule has 0 atom stereocenters. The third-order valence-electron chi connectivity index (χ3n) is 3.31. The number of imide groups is 1. The van der Waals surface area contributed by atoms with Gasteiger partial charge in [-0.3, -0.25) is 9.69 Å². The number of hydrogen-bond donors (Lipinski definition) is 1. The monoisotopic (exact) mass is 180 g/mol. The lowest BCUT2D eigenvalue weighted by Gasteiger charge is -2.34. The first-order valence-electron chi connectivity index (χ1n) is 4.89. The second kappa shape index (κ2) is 2.05. The Bertz CT molecular complexity index is 292. The van der Waals surface area contributed by atoms with E-state index in [1.165, 1.54) is 4.90 Å². The molecule has 0 radical (unpaired) electrons. The van der Waals surface area contributed by atoms with Crippen molar-refractivity contribution >= 4 is 11.9 Å². The van der Waals surface area contributed by atoms with Gasteiger partial charge >= 0.3 is 6.03 Å². The molecule has 13 heavy (non-hydrogen) atoms. The van der Waals surface area contributed by atoms with Gasteiger partial charge in [0.05, 0.1) is 0 Å². The molecule has 1 aliphatic heterocycles. The first kappa shape index (κ1) is 7.35. The highest BCUT2D eigenvalue weighted by Gasteiger charge is 2.57. The molecule has 1 heterocycles. The van der Waals surface area contributed by atoms with Crippen LogP contribution in [0.4, 0.5) is 4.79 Å². The number of amides is 3. The highest BCUT2D eigenvalue weighted by molar-refractivity contribution is 6.08. The highest BCUT2D eigenvalue weighted by Crippen LogP contribution is 2.41. The molecular formula is C9H12N2O2. The standard InChI is InChI=1S/C9H12N2O2/c12-7-9(4-1-5-9)10-8(13)11(7)6-2-3-6/h6H,1-5H2,(H,10,13). The molecule has 0 bridgehead atoms. The molecule has 0 unspecified atom stereocenters. The van der Waals surface area contributed by atoms with E-state index in [2.05, 4.69) is 5.32 Å². The molecular weight excluding hydrogens is 168 g/mol. The second-order valence-corrected chi connectivity index (χ2v) is 4.27. The Morgan fingerprint density at radius 1 is 1.31 bits per heavy atom. The molecule has 2 aliphatic carbocycles. The van der Waals surface area contributed by atoms with E-state index in [4.69, 9.17) is 0 Å². The summed E-state index contributed by atoms with van der Waals surface area (Å²) < 4.78 is 0. The fourth-order valence-electron chi connectivity index (χ4n) is 2.17. The third-order valence-corrected chi connectivity index (χ3v) is 3.31. The lowest BCUT2D eigenvalue weighted by atomic mass is 9.77. The predicted molar refractivity (Wildman–Crippen MR) is 45.0 cm³/mol. The maximum absolute atomic E-state index is 11.8. The Balaban J connectivity index is 1.90. The van der Waals surface area contributed by atoms with Gasteiger partial charge in [-0.05, 0) is 32.1 Å². The molecule has 2 saturated carbocycles. The minimum atomic E-state index is -0.473. The van der Waals surface area contributed by atoms with E-state index in [0.29, 0.717) is 0 Å². The van der Waals surface area contributed by atoms with Crippen LogP contribution < -0.4 is 5.32 Å². The van der Waals surface area contributed by atoms with E-state index in [1.807, 2.05) is 0 Å². The van der Waals surface area contributed by atoms with Gasteiger partial charge in [-0.25, -0.2) is 4.79 Å².